The van der Waals surface area contributed by atoms with Gasteiger partial charge < -0.3 is 4.43 Å². The maximum absolute atomic E-state index is 13.4. The molecule has 0 aliphatic heterocycles. The molecule has 0 heterocycles. The Hall–Kier alpha value is 0.114. The van der Waals surface area contributed by atoms with E-state index >= 15 is 0 Å². The minimum absolute atomic E-state index is 1.20. The predicted octanol–water partition coefficient (Wildman–Crippen LogP) is 3.94. The lowest BCUT2D eigenvalue weighted by Crippen LogP contribution is -2.60. The Labute approximate surface area is 90.0 Å². The van der Waals surface area contributed by atoms with Gasteiger partial charge in [0.25, 0.3) is 0 Å². The Bertz CT molecular complexity index is 230. The Balaban J connectivity index is 5.03. The number of rotatable bonds is 4. The molecule has 0 radical (unpaired) electrons. The zero-order valence-corrected chi connectivity index (χ0v) is 11.9. The van der Waals surface area contributed by atoms with Crippen LogP contribution in [0.25, 0.3) is 0 Å². The smallest absolute Gasteiger partial charge is 0.358 e. The molecule has 92 valence electrons. The molecule has 0 aromatic heterocycles. The van der Waals surface area contributed by atoms with Gasteiger partial charge >= 0.3 is 11.7 Å². The van der Waals surface area contributed by atoms with Crippen molar-refractivity contribution in [3.63, 3.8) is 0 Å². The van der Waals surface area contributed by atoms with Gasteiger partial charge in [0, 0.05) is 0 Å². The Morgan fingerprint density at radius 1 is 0.800 bits per heavy atom. The largest absolute Gasteiger partial charge is 0.406 e. The number of halogens is 4. The molecule has 15 heavy (non-hydrogen) atoms. The highest BCUT2D eigenvalue weighted by atomic mass is 28.4. The predicted molar refractivity (Wildman–Crippen MR) is 57.7 cm³/mol. The van der Waals surface area contributed by atoms with Gasteiger partial charge in [-0.15, -0.1) is 0 Å². The molecule has 0 spiro atoms. The second-order valence-corrected chi connectivity index (χ2v) is 15.1. The van der Waals surface area contributed by atoms with Crippen molar-refractivity contribution in [1.82, 2.24) is 0 Å². The molecule has 0 unspecified atom stereocenters. The van der Waals surface area contributed by atoms with E-state index in [1.165, 1.54) is 39.3 Å². The van der Waals surface area contributed by atoms with Crippen LogP contribution in [-0.4, -0.2) is 28.0 Å². The van der Waals surface area contributed by atoms with Gasteiger partial charge in [-0.25, -0.2) is 8.78 Å². The molecule has 0 rings (SSSR count). The zero-order valence-electron chi connectivity index (χ0n) is 9.92. The highest BCUT2D eigenvalue weighted by Crippen LogP contribution is 2.43. The van der Waals surface area contributed by atoms with Crippen LogP contribution in [0, 0.1) is 0 Å². The highest BCUT2D eigenvalue weighted by Gasteiger charge is 2.65. The lowest BCUT2D eigenvalue weighted by atomic mass is 10.6. The van der Waals surface area contributed by atoms with Crippen molar-refractivity contribution < 1.29 is 22.0 Å². The fourth-order valence-electron chi connectivity index (χ4n) is 0.885. The van der Waals surface area contributed by atoms with Crippen LogP contribution >= 0.6 is 0 Å². The molecule has 0 aromatic rings. The van der Waals surface area contributed by atoms with Crippen LogP contribution in [0.4, 0.5) is 17.6 Å². The van der Waals surface area contributed by atoms with E-state index in [1.54, 1.807) is 0 Å². The van der Waals surface area contributed by atoms with Crippen LogP contribution in [0.1, 0.15) is 0 Å². The summed E-state index contributed by atoms with van der Waals surface area (Å²) in [6, 6.07) is 0. The average molecular weight is 262 g/mol. The van der Waals surface area contributed by atoms with Crippen LogP contribution in [0.2, 0.25) is 39.3 Å². The van der Waals surface area contributed by atoms with Gasteiger partial charge in [0.2, 0.25) is 0 Å². The summed E-state index contributed by atoms with van der Waals surface area (Å²) in [6.07, 6.45) is -4.35. The number of alkyl halides is 4. The standard InChI is InChI=1S/C8H18F4OSi2/c1-14(2,3)8(11,12)7(9,10)13-15(4,5)6/h1-6H3. The van der Waals surface area contributed by atoms with E-state index in [9.17, 15) is 17.6 Å². The van der Waals surface area contributed by atoms with Crippen molar-refractivity contribution in [3.8, 4) is 0 Å². The molecular weight excluding hydrogens is 244 g/mol. The summed E-state index contributed by atoms with van der Waals surface area (Å²) in [5, 5.41) is 0. The second kappa shape index (κ2) is 3.85. The van der Waals surface area contributed by atoms with Crippen molar-refractivity contribution in [2.75, 3.05) is 0 Å². The first-order chi connectivity index (χ1) is 6.21. The van der Waals surface area contributed by atoms with Crippen molar-refractivity contribution in [2.24, 2.45) is 0 Å². The highest BCUT2D eigenvalue weighted by molar-refractivity contribution is 6.78. The Morgan fingerprint density at radius 2 is 1.13 bits per heavy atom. The molecule has 0 saturated heterocycles. The molecule has 0 bridgehead atoms. The molecule has 0 fully saturated rings. The average Bonchev–Trinajstić information content (AvgIpc) is 1.77. The van der Waals surface area contributed by atoms with Gasteiger partial charge in [-0.2, -0.15) is 8.78 Å². The summed E-state index contributed by atoms with van der Waals surface area (Å²) in [7, 11) is -6.00. The summed E-state index contributed by atoms with van der Waals surface area (Å²) in [4.78, 5) is 0. The summed E-state index contributed by atoms with van der Waals surface area (Å²) in [5.41, 5.74) is -4.04. The summed E-state index contributed by atoms with van der Waals surface area (Å²) in [5.74, 6) is 0. The van der Waals surface area contributed by atoms with Gasteiger partial charge in [-0.05, 0) is 19.6 Å². The maximum Gasteiger partial charge on any atom is 0.406 e. The van der Waals surface area contributed by atoms with Crippen molar-refractivity contribution in [2.45, 2.75) is 50.9 Å². The van der Waals surface area contributed by atoms with E-state index < -0.39 is 28.0 Å². The molecule has 7 heteroatoms. The monoisotopic (exact) mass is 262 g/mol. The SMILES string of the molecule is C[Si](C)(C)OC(F)(F)C(F)(F)[Si](C)(C)C. The van der Waals surface area contributed by atoms with E-state index in [0.717, 1.165) is 0 Å². The maximum atomic E-state index is 13.4. The first-order valence-corrected chi connectivity index (χ1v) is 11.6. The van der Waals surface area contributed by atoms with Crippen LogP contribution in [-0.2, 0) is 4.43 Å². The Morgan fingerprint density at radius 3 is 1.33 bits per heavy atom. The fraction of sp³-hybridized carbons (Fsp3) is 1.00. The van der Waals surface area contributed by atoms with Crippen LogP contribution in [0.5, 0.6) is 0 Å². The van der Waals surface area contributed by atoms with Crippen LogP contribution in [0.3, 0.4) is 0 Å². The number of hydrogen-bond acceptors (Lipinski definition) is 1. The van der Waals surface area contributed by atoms with E-state index in [4.69, 9.17) is 0 Å². The minimum atomic E-state index is -4.35. The molecular formula is C8H18F4OSi2. The van der Waals surface area contributed by atoms with Gasteiger partial charge in [0.15, 0.2) is 8.32 Å². The van der Waals surface area contributed by atoms with Gasteiger partial charge in [-0.3, -0.25) is 0 Å². The third-order valence-electron chi connectivity index (χ3n) is 1.74. The molecule has 0 aliphatic rings. The van der Waals surface area contributed by atoms with Crippen molar-refractivity contribution in [1.29, 1.82) is 0 Å². The second-order valence-electron chi connectivity index (χ2n) is 5.56. The van der Waals surface area contributed by atoms with Gasteiger partial charge in [0.1, 0.15) is 8.07 Å². The molecule has 0 N–H and O–H groups in total. The lowest BCUT2D eigenvalue weighted by Gasteiger charge is -2.37. The van der Waals surface area contributed by atoms with E-state index in [-0.39, 0.29) is 0 Å². The fourth-order valence-corrected chi connectivity index (χ4v) is 2.81. The quantitative estimate of drug-likeness (QED) is 0.551. The molecule has 0 amide bonds. The molecule has 1 nitrogen and oxygen atoms in total. The molecule has 0 atom stereocenters. The molecule has 0 saturated carbocycles. The third-order valence-corrected chi connectivity index (χ3v) is 4.79. The minimum Gasteiger partial charge on any atom is -0.358 e. The van der Waals surface area contributed by atoms with E-state index in [0.29, 0.717) is 0 Å². The lowest BCUT2D eigenvalue weighted by molar-refractivity contribution is -0.283. The summed E-state index contributed by atoms with van der Waals surface area (Å²) < 4.78 is 57.8. The topological polar surface area (TPSA) is 9.23 Å². The number of hydrogen-bond donors (Lipinski definition) is 0. The van der Waals surface area contributed by atoms with E-state index in [2.05, 4.69) is 4.43 Å². The van der Waals surface area contributed by atoms with Gasteiger partial charge in [-0.1, -0.05) is 19.6 Å². The molecule has 0 aromatic carbocycles. The van der Waals surface area contributed by atoms with Crippen molar-refractivity contribution >= 4 is 16.4 Å². The summed E-state index contributed by atoms with van der Waals surface area (Å²) >= 11 is 0. The normalized spacial score (nSPS) is 15.6. The third kappa shape index (κ3) is 3.56. The van der Waals surface area contributed by atoms with Gasteiger partial charge in [0.05, 0.1) is 0 Å². The summed E-state index contributed by atoms with van der Waals surface area (Å²) in [6.45, 7) is 7.99. The van der Waals surface area contributed by atoms with E-state index in [1.807, 2.05) is 0 Å². The van der Waals surface area contributed by atoms with Crippen molar-refractivity contribution in [3.05, 3.63) is 0 Å². The Kier molecular flexibility index (Phi) is 3.88. The first-order valence-electron chi connectivity index (χ1n) is 4.66. The first kappa shape index (κ1) is 15.1. The molecule has 0 aliphatic carbocycles. The zero-order chi connectivity index (χ0) is 12.7. The van der Waals surface area contributed by atoms with Crippen LogP contribution in [0.15, 0.2) is 0 Å². The van der Waals surface area contributed by atoms with Crippen LogP contribution < -0.4 is 0 Å².